The van der Waals surface area contributed by atoms with Crippen LogP contribution in [0.3, 0.4) is 0 Å². The first-order valence-corrected chi connectivity index (χ1v) is 7.14. The van der Waals surface area contributed by atoms with Gasteiger partial charge in [0.15, 0.2) is 0 Å². The van der Waals surface area contributed by atoms with E-state index >= 15 is 0 Å². The van der Waals surface area contributed by atoms with E-state index in [-0.39, 0.29) is 11.5 Å². The van der Waals surface area contributed by atoms with Crippen LogP contribution >= 0.6 is 0 Å². The zero-order valence-corrected chi connectivity index (χ0v) is 12.5. The molecule has 0 radical (unpaired) electrons. The number of nitrogens with one attached hydrogen (secondary N) is 1. The second-order valence-electron chi connectivity index (χ2n) is 5.56. The number of nitrogen functional groups attached to an aromatic ring is 1. The highest BCUT2D eigenvalue weighted by atomic mass is 16.5. The SMILES string of the molecule is CCOC(C)(C)CNc1nc(N)nc(N2CCCC2)n1. The van der Waals surface area contributed by atoms with E-state index in [0.717, 1.165) is 13.1 Å². The van der Waals surface area contributed by atoms with E-state index < -0.39 is 0 Å². The van der Waals surface area contributed by atoms with Crippen molar-refractivity contribution in [3.8, 4) is 0 Å². The average molecular weight is 280 g/mol. The predicted octanol–water partition coefficient (Wildman–Crippen LogP) is 1.28. The van der Waals surface area contributed by atoms with Crippen LogP contribution in [0.15, 0.2) is 0 Å². The molecule has 2 heterocycles. The monoisotopic (exact) mass is 280 g/mol. The third kappa shape index (κ3) is 3.93. The largest absolute Gasteiger partial charge is 0.374 e. The Morgan fingerprint density at radius 1 is 1.25 bits per heavy atom. The Morgan fingerprint density at radius 2 is 1.95 bits per heavy atom. The zero-order valence-electron chi connectivity index (χ0n) is 12.5. The maximum atomic E-state index is 5.76. The quantitative estimate of drug-likeness (QED) is 0.811. The molecule has 3 N–H and O–H groups in total. The number of anilines is 3. The predicted molar refractivity (Wildman–Crippen MR) is 79.9 cm³/mol. The molecule has 0 saturated carbocycles. The Morgan fingerprint density at radius 3 is 2.60 bits per heavy atom. The molecule has 1 aromatic rings. The molecule has 1 aliphatic heterocycles. The molecule has 1 fully saturated rings. The smallest absolute Gasteiger partial charge is 0.231 e. The van der Waals surface area contributed by atoms with Crippen molar-refractivity contribution < 1.29 is 4.74 Å². The molecule has 112 valence electrons. The molecule has 0 atom stereocenters. The van der Waals surface area contributed by atoms with Gasteiger partial charge in [0.1, 0.15) is 0 Å². The first kappa shape index (κ1) is 14.8. The zero-order chi connectivity index (χ0) is 14.6. The molecular formula is C13H24N6O. The second kappa shape index (κ2) is 6.21. The van der Waals surface area contributed by atoms with Crippen molar-refractivity contribution in [2.75, 3.05) is 42.2 Å². The molecule has 0 aromatic carbocycles. The van der Waals surface area contributed by atoms with E-state index in [1.165, 1.54) is 12.8 Å². The minimum Gasteiger partial charge on any atom is -0.374 e. The van der Waals surface area contributed by atoms with Crippen LogP contribution in [-0.2, 0) is 4.74 Å². The highest BCUT2D eigenvalue weighted by molar-refractivity contribution is 5.42. The highest BCUT2D eigenvalue weighted by Gasteiger charge is 2.20. The van der Waals surface area contributed by atoms with E-state index in [1.807, 2.05) is 20.8 Å². The minimum absolute atomic E-state index is 0.249. The summed E-state index contributed by atoms with van der Waals surface area (Å²) in [5.41, 5.74) is 5.49. The summed E-state index contributed by atoms with van der Waals surface area (Å²) in [7, 11) is 0. The van der Waals surface area contributed by atoms with Gasteiger partial charge in [0.25, 0.3) is 0 Å². The number of aromatic nitrogens is 3. The Hall–Kier alpha value is -1.63. The van der Waals surface area contributed by atoms with Crippen molar-refractivity contribution in [3.63, 3.8) is 0 Å². The van der Waals surface area contributed by atoms with Crippen molar-refractivity contribution in [3.05, 3.63) is 0 Å². The molecule has 0 amide bonds. The summed E-state index contributed by atoms with van der Waals surface area (Å²) >= 11 is 0. The molecule has 0 spiro atoms. The van der Waals surface area contributed by atoms with Gasteiger partial charge in [-0.15, -0.1) is 0 Å². The summed E-state index contributed by atoms with van der Waals surface area (Å²) in [5, 5.41) is 3.18. The van der Waals surface area contributed by atoms with Crippen molar-refractivity contribution >= 4 is 17.8 Å². The van der Waals surface area contributed by atoms with Crippen LogP contribution in [0, 0.1) is 0 Å². The molecular weight excluding hydrogens is 256 g/mol. The summed E-state index contributed by atoms with van der Waals surface area (Å²) in [6, 6.07) is 0. The van der Waals surface area contributed by atoms with E-state index in [0.29, 0.717) is 25.0 Å². The van der Waals surface area contributed by atoms with Gasteiger partial charge in [0.05, 0.1) is 5.60 Å². The van der Waals surface area contributed by atoms with Gasteiger partial charge in [-0.2, -0.15) is 15.0 Å². The lowest BCUT2D eigenvalue weighted by molar-refractivity contribution is 0.000581. The van der Waals surface area contributed by atoms with Crippen molar-refractivity contribution in [2.45, 2.75) is 39.2 Å². The Labute approximate surface area is 119 Å². The fourth-order valence-electron chi connectivity index (χ4n) is 2.25. The molecule has 1 saturated heterocycles. The van der Waals surface area contributed by atoms with Crippen LogP contribution in [0.25, 0.3) is 0 Å². The van der Waals surface area contributed by atoms with Gasteiger partial charge in [-0.05, 0) is 33.6 Å². The molecule has 20 heavy (non-hydrogen) atoms. The number of nitrogens with zero attached hydrogens (tertiary/aromatic N) is 4. The first-order chi connectivity index (χ1) is 9.50. The standard InChI is InChI=1S/C13H24N6O/c1-4-20-13(2,3)9-15-11-16-10(14)17-12(18-11)19-7-5-6-8-19/h4-9H2,1-3H3,(H3,14,15,16,17,18). The maximum absolute atomic E-state index is 5.76. The normalized spacial score (nSPS) is 15.7. The van der Waals surface area contributed by atoms with Crippen LogP contribution in [0.5, 0.6) is 0 Å². The van der Waals surface area contributed by atoms with E-state index in [4.69, 9.17) is 10.5 Å². The maximum Gasteiger partial charge on any atom is 0.231 e. The van der Waals surface area contributed by atoms with Crippen LogP contribution in [0.1, 0.15) is 33.6 Å². The van der Waals surface area contributed by atoms with Crippen LogP contribution < -0.4 is 16.0 Å². The first-order valence-electron chi connectivity index (χ1n) is 7.14. The third-order valence-electron chi connectivity index (χ3n) is 3.24. The molecule has 1 aliphatic rings. The van der Waals surface area contributed by atoms with Crippen molar-refractivity contribution in [2.24, 2.45) is 0 Å². The van der Waals surface area contributed by atoms with E-state index in [2.05, 4.69) is 25.2 Å². The van der Waals surface area contributed by atoms with Crippen molar-refractivity contribution in [1.82, 2.24) is 15.0 Å². The van der Waals surface area contributed by atoms with Gasteiger partial charge in [-0.1, -0.05) is 0 Å². The van der Waals surface area contributed by atoms with Gasteiger partial charge in [0, 0.05) is 26.2 Å². The molecule has 0 bridgehead atoms. The summed E-state index contributed by atoms with van der Waals surface area (Å²) in [4.78, 5) is 14.9. The van der Waals surface area contributed by atoms with Gasteiger partial charge in [-0.3, -0.25) is 0 Å². The summed E-state index contributed by atoms with van der Waals surface area (Å²) in [6.45, 7) is 9.27. The Kier molecular flexibility index (Phi) is 4.59. The van der Waals surface area contributed by atoms with Crippen LogP contribution in [0.2, 0.25) is 0 Å². The van der Waals surface area contributed by atoms with E-state index in [9.17, 15) is 0 Å². The summed E-state index contributed by atoms with van der Waals surface area (Å²) in [5.74, 6) is 1.41. The molecule has 7 nitrogen and oxygen atoms in total. The summed E-state index contributed by atoms with van der Waals surface area (Å²) in [6.07, 6.45) is 2.34. The number of ether oxygens (including phenoxy) is 1. The highest BCUT2D eigenvalue weighted by Crippen LogP contribution is 2.18. The fourth-order valence-corrected chi connectivity index (χ4v) is 2.25. The van der Waals surface area contributed by atoms with Crippen LogP contribution in [0.4, 0.5) is 17.8 Å². The van der Waals surface area contributed by atoms with Gasteiger partial charge in [-0.25, -0.2) is 0 Å². The number of nitrogens with two attached hydrogens (primary N) is 1. The fraction of sp³-hybridized carbons (Fsp3) is 0.769. The minimum atomic E-state index is -0.274. The van der Waals surface area contributed by atoms with Gasteiger partial charge < -0.3 is 20.7 Å². The number of hydrogen-bond donors (Lipinski definition) is 2. The third-order valence-corrected chi connectivity index (χ3v) is 3.24. The topological polar surface area (TPSA) is 89.2 Å². The van der Waals surface area contributed by atoms with Crippen molar-refractivity contribution in [1.29, 1.82) is 0 Å². The number of rotatable bonds is 6. The molecule has 1 aromatic heterocycles. The number of hydrogen-bond acceptors (Lipinski definition) is 7. The Bertz CT molecular complexity index is 444. The molecule has 0 aliphatic carbocycles. The Balaban J connectivity index is 2.04. The lowest BCUT2D eigenvalue weighted by atomic mass is 10.1. The van der Waals surface area contributed by atoms with Gasteiger partial charge in [0.2, 0.25) is 17.8 Å². The molecule has 7 heteroatoms. The lowest BCUT2D eigenvalue weighted by Crippen LogP contribution is -2.34. The molecule has 0 unspecified atom stereocenters. The average Bonchev–Trinajstić information content (AvgIpc) is 2.90. The second-order valence-corrected chi connectivity index (χ2v) is 5.56. The van der Waals surface area contributed by atoms with Gasteiger partial charge >= 0.3 is 0 Å². The summed E-state index contributed by atoms with van der Waals surface area (Å²) < 4.78 is 5.64. The van der Waals surface area contributed by atoms with Crippen LogP contribution in [-0.4, -0.2) is 46.8 Å². The molecule has 2 rings (SSSR count). The van der Waals surface area contributed by atoms with E-state index in [1.54, 1.807) is 0 Å². The lowest BCUT2D eigenvalue weighted by Gasteiger charge is -2.25.